The smallest absolute Gasteiger partial charge is 0.273 e. The summed E-state index contributed by atoms with van der Waals surface area (Å²) in [6.45, 7) is 0. The van der Waals surface area contributed by atoms with E-state index in [1.54, 1.807) is 19.4 Å². The molecule has 2 heterocycles. The number of methoxy groups -OCH3 is 1. The van der Waals surface area contributed by atoms with E-state index in [-0.39, 0.29) is 0 Å². The number of ether oxygens (including phenoxy) is 1. The van der Waals surface area contributed by atoms with Gasteiger partial charge in [-0.15, -0.1) is 0 Å². The average Bonchev–Trinajstić information content (AvgIpc) is 2.88. The molecule has 14 heavy (non-hydrogen) atoms. The molecule has 0 spiro atoms. The van der Waals surface area contributed by atoms with E-state index in [1.165, 1.54) is 23.9 Å². The van der Waals surface area contributed by atoms with Gasteiger partial charge < -0.3 is 14.3 Å². The molecule has 1 atom stereocenters. The lowest BCUT2D eigenvalue weighted by atomic mass is 10.2. The summed E-state index contributed by atoms with van der Waals surface area (Å²) >= 11 is 1.31. The van der Waals surface area contributed by atoms with Crippen LogP contribution in [0.3, 0.4) is 0 Å². The second kappa shape index (κ2) is 3.81. The molecule has 2 rings (SSSR count). The van der Waals surface area contributed by atoms with Crippen LogP contribution in [0.5, 0.6) is 5.19 Å². The number of aliphatic hydroxyl groups excluding tert-OH is 1. The molecule has 4 nitrogen and oxygen atoms in total. The van der Waals surface area contributed by atoms with Gasteiger partial charge >= 0.3 is 0 Å². The lowest BCUT2D eigenvalue weighted by molar-refractivity contribution is 0.223. The molecule has 5 heteroatoms. The molecule has 2 aromatic heterocycles. The van der Waals surface area contributed by atoms with E-state index in [0.717, 1.165) is 10.4 Å². The highest BCUT2D eigenvalue weighted by Gasteiger charge is 2.15. The average molecular weight is 211 g/mol. The Morgan fingerprint density at radius 3 is 3.07 bits per heavy atom. The van der Waals surface area contributed by atoms with Gasteiger partial charge in [-0.05, 0) is 6.07 Å². The summed E-state index contributed by atoms with van der Waals surface area (Å²) in [6, 6.07) is 1.72. The van der Waals surface area contributed by atoms with Crippen molar-refractivity contribution in [2.24, 2.45) is 0 Å². The first-order chi connectivity index (χ1) is 6.81. The standard InChI is InChI=1S/C9H9NO3S/c1-12-9-10-4-7(14-9)8(11)6-2-3-13-5-6/h2-5,8,11H,1H3. The quantitative estimate of drug-likeness (QED) is 0.841. The van der Waals surface area contributed by atoms with Gasteiger partial charge in [0.1, 0.15) is 6.10 Å². The molecule has 1 unspecified atom stereocenters. The van der Waals surface area contributed by atoms with E-state index in [4.69, 9.17) is 9.15 Å². The molecule has 0 saturated carbocycles. The number of rotatable bonds is 3. The summed E-state index contributed by atoms with van der Waals surface area (Å²) in [5.41, 5.74) is 0.719. The molecule has 0 radical (unpaired) electrons. The molecule has 0 aliphatic heterocycles. The van der Waals surface area contributed by atoms with Gasteiger partial charge in [0.25, 0.3) is 5.19 Å². The maximum atomic E-state index is 9.84. The number of hydrogen-bond donors (Lipinski definition) is 1. The first-order valence-corrected chi connectivity index (χ1v) is 4.83. The van der Waals surface area contributed by atoms with Gasteiger partial charge in [0, 0.05) is 11.8 Å². The SMILES string of the molecule is COc1ncc(C(O)c2ccoc2)s1. The van der Waals surface area contributed by atoms with E-state index < -0.39 is 6.10 Å². The largest absolute Gasteiger partial charge is 0.473 e. The summed E-state index contributed by atoms with van der Waals surface area (Å²) in [4.78, 5) is 4.71. The summed E-state index contributed by atoms with van der Waals surface area (Å²) < 4.78 is 9.82. The van der Waals surface area contributed by atoms with Gasteiger partial charge in [-0.1, -0.05) is 11.3 Å². The molecule has 0 saturated heterocycles. The molecule has 74 valence electrons. The minimum Gasteiger partial charge on any atom is -0.473 e. The number of aliphatic hydroxyl groups is 1. The van der Waals surface area contributed by atoms with Gasteiger partial charge in [0.05, 0.1) is 24.5 Å². The maximum Gasteiger partial charge on any atom is 0.273 e. The van der Waals surface area contributed by atoms with Gasteiger partial charge in [-0.25, -0.2) is 4.98 Å². The number of thiazole rings is 1. The summed E-state index contributed by atoms with van der Waals surface area (Å²) in [7, 11) is 1.55. The van der Waals surface area contributed by atoms with Crippen LogP contribution in [0, 0.1) is 0 Å². The summed E-state index contributed by atoms with van der Waals surface area (Å²) in [5, 5.41) is 10.4. The van der Waals surface area contributed by atoms with Crippen LogP contribution in [0.2, 0.25) is 0 Å². The van der Waals surface area contributed by atoms with E-state index >= 15 is 0 Å². The second-order valence-corrected chi connectivity index (χ2v) is 3.72. The topological polar surface area (TPSA) is 55.5 Å². The van der Waals surface area contributed by atoms with Gasteiger partial charge in [0.15, 0.2) is 0 Å². The Kier molecular flexibility index (Phi) is 2.51. The fourth-order valence-corrected chi connectivity index (χ4v) is 1.83. The third-order valence-electron chi connectivity index (χ3n) is 1.81. The fraction of sp³-hybridized carbons (Fsp3) is 0.222. The van der Waals surface area contributed by atoms with Crippen LogP contribution in [0.4, 0.5) is 0 Å². The van der Waals surface area contributed by atoms with Crippen molar-refractivity contribution in [3.05, 3.63) is 35.2 Å². The van der Waals surface area contributed by atoms with E-state index in [9.17, 15) is 5.11 Å². The van der Waals surface area contributed by atoms with Crippen molar-refractivity contribution >= 4 is 11.3 Å². The molecule has 1 N–H and O–H groups in total. The Labute approximate surface area is 84.8 Å². The van der Waals surface area contributed by atoms with E-state index in [1.807, 2.05) is 0 Å². The van der Waals surface area contributed by atoms with Crippen molar-refractivity contribution in [2.75, 3.05) is 7.11 Å². The van der Waals surface area contributed by atoms with Crippen molar-refractivity contribution in [1.29, 1.82) is 0 Å². The number of furan rings is 1. The van der Waals surface area contributed by atoms with Crippen LogP contribution in [0.1, 0.15) is 16.5 Å². The Balaban J connectivity index is 2.23. The Morgan fingerprint density at radius 2 is 2.50 bits per heavy atom. The summed E-state index contributed by atoms with van der Waals surface area (Å²) in [6.07, 6.45) is 3.95. The lowest BCUT2D eigenvalue weighted by Crippen LogP contribution is -1.93. The van der Waals surface area contributed by atoms with Gasteiger partial charge in [0.2, 0.25) is 0 Å². The normalized spacial score (nSPS) is 12.7. The van der Waals surface area contributed by atoms with Gasteiger partial charge in [-0.2, -0.15) is 0 Å². The van der Waals surface area contributed by atoms with Crippen molar-refractivity contribution in [3.63, 3.8) is 0 Å². The predicted octanol–water partition coefficient (Wildman–Crippen LogP) is 1.83. The molecule has 2 aromatic rings. The van der Waals surface area contributed by atoms with Crippen molar-refractivity contribution in [3.8, 4) is 5.19 Å². The van der Waals surface area contributed by atoms with Crippen molar-refractivity contribution in [2.45, 2.75) is 6.10 Å². The minimum atomic E-state index is -0.685. The third-order valence-corrected chi connectivity index (χ3v) is 2.82. The molecule has 0 aliphatic carbocycles. The van der Waals surface area contributed by atoms with Crippen LogP contribution in [0.25, 0.3) is 0 Å². The Morgan fingerprint density at radius 1 is 1.64 bits per heavy atom. The number of hydrogen-bond acceptors (Lipinski definition) is 5. The van der Waals surface area contributed by atoms with E-state index in [2.05, 4.69) is 4.98 Å². The molecule has 0 aliphatic rings. The highest BCUT2D eigenvalue weighted by Crippen LogP contribution is 2.30. The number of aromatic nitrogens is 1. The molecular formula is C9H9NO3S. The van der Waals surface area contributed by atoms with Crippen LogP contribution in [-0.2, 0) is 0 Å². The summed E-state index contributed by atoms with van der Waals surface area (Å²) in [5.74, 6) is 0. The first kappa shape index (κ1) is 9.23. The molecule has 0 bridgehead atoms. The van der Waals surface area contributed by atoms with Crippen molar-refractivity contribution < 1.29 is 14.3 Å². The van der Waals surface area contributed by atoms with Crippen LogP contribution in [-0.4, -0.2) is 17.2 Å². The molecule has 0 aromatic carbocycles. The zero-order chi connectivity index (χ0) is 9.97. The van der Waals surface area contributed by atoms with Crippen LogP contribution in [0.15, 0.2) is 29.2 Å². The zero-order valence-corrected chi connectivity index (χ0v) is 8.32. The highest BCUT2D eigenvalue weighted by molar-refractivity contribution is 7.13. The monoisotopic (exact) mass is 211 g/mol. The Bertz CT molecular complexity index is 396. The minimum absolute atomic E-state index is 0.544. The molecule has 0 fully saturated rings. The fourth-order valence-electron chi connectivity index (χ4n) is 1.09. The van der Waals surface area contributed by atoms with Crippen molar-refractivity contribution in [1.82, 2.24) is 4.98 Å². The first-order valence-electron chi connectivity index (χ1n) is 4.01. The number of nitrogens with zero attached hydrogens (tertiary/aromatic N) is 1. The second-order valence-electron chi connectivity index (χ2n) is 2.69. The predicted molar refractivity (Wildman–Crippen MR) is 51.4 cm³/mol. The molecular weight excluding hydrogens is 202 g/mol. The van der Waals surface area contributed by atoms with E-state index in [0.29, 0.717) is 5.19 Å². The lowest BCUT2D eigenvalue weighted by Gasteiger charge is -2.02. The highest BCUT2D eigenvalue weighted by atomic mass is 32.1. The third kappa shape index (κ3) is 1.64. The molecule has 0 amide bonds. The van der Waals surface area contributed by atoms with Crippen LogP contribution >= 0.6 is 11.3 Å². The zero-order valence-electron chi connectivity index (χ0n) is 7.51. The van der Waals surface area contributed by atoms with Gasteiger partial charge in [-0.3, -0.25) is 0 Å². The Hall–Kier alpha value is -1.33. The van der Waals surface area contributed by atoms with Crippen LogP contribution < -0.4 is 4.74 Å². The maximum absolute atomic E-state index is 9.84.